The summed E-state index contributed by atoms with van der Waals surface area (Å²) in [5.74, 6) is -0.962. The summed E-state index contributed by atoms with van der Waals surface area (Å²) in [6.45, 7) is 9.74. The van der Waals surface area contributed by atoms with Crippen LogP contribution in [0.5, 0.6) is 0 Å². The lowest BCUT2D eigenvalue weighted by molar-refractivity contribution is 0.0697. The van der Waals surface area contributed by atoms with E-state index in [1.54, 1.807) is 12.1 Å². The monoisotopic (exact) mass is 312 g/mol. The largest absolute Gasteiger partial charge is 0.478 e. The van der Waals surface area contributed by atoms with Crippen LogP contribution < -0.4 is 5.32 Å². The summed E-state index contributed by atoms with van der Waals surface area (Å²) >= 11 is 6.11. The van der Waals surface area contributed by atoms with E-state index in [0.717, 1.165) is 38.2 Å². The molecule has 5 heteroatoms. The van der Waals surface area contributed by atoms with Gasteiger partial charge in [0.2, 0.25) is 0 Å². The minimum atomic E-state index is -0.962. The third-order valence-corrected chi connectivity index (χ3v) is 3.94. The molecule has 0 aliphatic heterocycles. The SMILES string of the molecule is CCN(CC)CCCC(C)Nc1ccc(C(=O)O)cc1Cl. The number of halogens is 1. The van der Waals surface area contributed by atoms with E-state index >= 15 is 0 Å². The number of anilines is 1. The Kier molecular flexibility index (Phi) is 7.54. The molecule has 21 heavy (non-hydrogen) atoms. The molecular formula is C16H25ClN2O2. The molecule has 118 valence electrons. The highest BCUT2D eigenvalue weighted by Crippen LogP contribution is 2.24. The molecule has 0 aromatic heterocycles. The molecule has 0 saturated heterocycles. The van der Waals surface area contributed by atoms with Gasteiger partial charge in [-0.3, -0.25) is 0 Å². The lowest BCUT2D eigenvalue weighted by atomic mass is 10.1. The maximum absolute atomic E-state index is 10.9. The van der Waals surface area contributed by atoms with Crippen LogP contribution in [0.4, 0.5) is 5.69 Å². The van der Waals surface area contributed by atoms with Crippen molar-refractivity contribution in [1.82, 2.24) is 4.90 Å². The Balaban J connectivity index is 2.47. The van der Waals surface area contributed by atoms with Crippen molar-refractivity contribution in [1.29, 1.82) is 0 Å². The van der Waals surface area contributed by atoms with Crippen LogP contribution in [0, 0.1) is 0 Å². The van der Waals surface area contributed by atoms with Gasteiger partial charge in [-0.2, -0.15) is 0 Å². The molecule has 0 spiro atoms. The number of benzene rings is 1. The van der Waals surface area contributed by atoms with E-state index in [4.69, 9.17) is 16.7 Å². The first-order valence-electron chi connectivity index (χ1n) is 7.49. The van der Waals surface area contributed by atoms with Crippen LogP contribution in [0.2, 0.25) is 5.02 Å². The molecular weight excluding hydrogens is 288 g/mol. The predicted molar refractivity (Wildman–Crippen MR) is 88.5 cm³/mol. The van der Waals surface area contributed by atoms with Gasteiger partial charge in [0.25, 0.3) is 0 Å². The molecule has 2 N–H and O–H groups in total. The number of hydrogen-bond donors (Lipinski definition) is 2. The average Bonchev–Trinajstić information content (AvgIpc) is 2.45. The van der Waals surface area contributed by atoms with Gasteiger partial charge in [0.05, 0.1) is 16.3 Å². The van der Waals surface area contributed by atoms with Gasteiger partial charge in [-0.15, -0.1) is 0 Å². The van der Waals surface area contributed by atoms with Crippen LogP contribution in [-0.2, 0) is 0 Å². The molecule has 0 bridgehead atoms. The topological polar surface area (TPSA) is 52.6 Å². The van der Waals surface area contributed by atoms with Gasteiger partial charge in [-0.1, -0.05) is 25.4 Å². The summed E-state index contributed by atoms with van der Waals surface area (Å²) in [6.07, 6.45) is 2.17. The lowest BCUT2D eigenvalue weighted by Crippen LogP contribution is -2.25. The highest BCUT2D eigenvalue weighted by molar-refractivity contribution is 6.33. The van der Waals surface area contributed by atoms with E-state index in [1.165, 1.54) is 6.07 Å². The summed E-state index contributed by atoms with van der Waals surface area (Å²) in [5, 5.41) is 12.7. The van der Waals surface area contributed by atoms with Crippen LogP contribution >= 0.6 is 11.6 Å². The van der Waals surface area contributed by atoms with Crippen molar-refractivity contribution in [2.24, 2.45) is 0 Å². The van der Waals surface area contributed by atoms with Gasteiger partial charge >= 0.3 is 5.97 Å². The van der Waals surface area contributed by atoms with Crippen molar-refractivity contribution in [3.8, 4) is 0 Å². The first-order valence-corrected chi connectivity index (χ1v) is 7.87. The first-order chi connectivity index (χ1) is 9.97. The van der Waals surface area contributed by atoms with E-state index in [1.807, 2.05) is 0 Å². The molecule has 1 atom stereocenters. The standard InChI is InChI=1S/C16H25ClN2O2/c1-4-19(5-2)10-6-7-12(3)18-15-9-8-13(16(20)21)11-14(15)17/h8-9,11-12,18H,4-7,10H2,1-3H3,(H,20,21). The zero-order chi connectivity index (χ0) is 15.8. The number of carbonyl (C=O) groups is 1. The molecule has 0 aliphatic rings. The summed E-state index contributed by atoms with van der Waals surface area (Å²) < 4.78 is 0. The van der Waals surface area contributed by atoms with Crippen LogP contribution in [0.15, 0.2) is 18.2 Å². The van der Waals surface area contributed by atoms with Crippen LogP contribution in [-0.4, -0.2) is 41.7 Å². The van der Waals surface area contributed by atoms with Gasteiger partial charge in [-0.25, -0.2) is 4.79 Å². The number of carboxylic acid groups (broad SMARTS) is 1. The van der Waals surface area contributed by atoms with Crippen LogP contribution in [0.3, 0.4) is 0 Å². The fourth-order valence-electron chi connectivity index (χ4n) is 2.26. The maximum Gasteiger partial charge on any atom is 0.335 e. The Morgan fingerprint density at radius 3 is 2.57 bits per heavy atom. The summed E-state index contributed by atoms with van der Waals surface area (Å²) in [7, 11) is 0. The third-order valence-electron chi connectivity index (χ3n) is 3.62. The van der Waals surface area contributed by atoms with Gasteiger partial charge in [0, 0.05) is 6.04 Å². The van der Waals surface area contributed by atoms with Crippen LogP contribution in [0.1, 0.15) is 44.0 Å². The van der Waals surface area contributed by atoms with Gasteiger partial charge in [-0.05, 0) is 57.6 Å². The second kappa shape index (κ2) is 8.90. The van der Waals surface area contributed by atoms with Crippen molar-refractivity contribution in [2.75, 3.05) is 25.0 Å². The Morgan fingerprint density at radius 2 is 2.05 bits per heavy atom. The van der Waals surface area contributed by atoms with Crippen molar-refractivity contribution in [3.05, 3.63) is 28.8 Å². The molecule has 1 aromatic rings. The molecule has 0 aliphatic carbocycles. The minimum absolute atomic E-state index is 0.208. The lowest BCUT2D eigenvalue weighted by Gasteiger charge is -2.20. The number of nitrogens with zero attached hydrogens (tertiary/aromatic N) is 1. The predicted octanol–water partition coefficient (Wildman–Crippen LogP) is 3.96. The molecule has 0 radical (unpaired) electrons. The second-order valence-corrected chi connectivity index (χ2v) is 5.62. The quantitative estimate of drug-likeness (QED) is 0.724. The minimum Gasteiger partial charge on any atom is -0.478 e. The first kappa shape index (κ1) is 17.8. The summed E-state index contributed by atoms with van der Waals surface area (Å²) in [5.41, 5.74) is 0.997. The Hall–Kier alpha value is -1.26. The van der Waals surface area contributed by atoms with Crippen molar-refractivity contribution < 1.29 is 9.90 Å². The van der Waals surface area contributed by atoms with E-state index in [2.05, 4.69) is 31.0 Å². The van der Waals surface area contributed by atoms with Crippen molar-refractivity contribution in [3.63, 3.8) is 0 Å². The summed E-state index contributed by atoms with van der Waals surface area (Å²) in [6, 6.07) is 5.08. The molecule has 0 saturated carbocycles. The number of hydrogen-bond acceptors (Lipinski definition) is 3. The van der Waals surface area contributed by atoms with E-state index in [0.29, 0.717) is 11.1 Å². The zero-order valence-corrected chi connectivity index (χ0v) is 13.8. The van der Waals surface area contributed by atoms with Gasteiger partial charge in [0.15, 0.2) is 0 Å². The van der Waals surface area contributed by atoms with E-state index in [-0.39, 0.29) is 5.56 Å². The molecule has 0 fully saturated rings. The fourth-order valence-corrected chi connectivity index (χ4v) is 2.50. The number of carboxylic acids is 1. The van der Waals surface area contributed by atoms with Gasteiger partial charge < -0.3 is 15.3 Å². The molecule has 1 rings (SSSR count). The third kappa shape index (κ3) is 5.94. The maximum atomic E-state index is 10.9. The highest BCUT2D eigenvalue weighted by Gasteiger charge is 2.09. The van der Waals surface area contributed by atoms with Crippen LogP contribution in [0.25, 0.3) is 0 Å². The number of nitrogens with one attached hydrogen (secondary N) is 1. The smallest absolute Gasteiger partial charge is 0.335 e. The van der Waals surface area contributed by atoms with Gasteiger partial charge in [0.1, 0.15) is 0 Å². The molecule has 1 aromatic carbocycles. The fraction of sp³-hybridized carbons (Fsp3) is 0.562. The normalized spacial score (nSPS) is 12.4. The average molecular weight is 313 g/mol. The number of rotatable bonds is 9. The Bertz CT molecular complexity index is 462. The molecule has 1 unspecified atom stereocenters. The molecule has 0 heterocycles. The molecule has 4 nitrogen and oxygen atoms in total. The zero-order valence-electron chi connectivity index (χ0n) is 13.0. The Morgan fingerprint density at radius 1 is 1.38 bits per heavy atom. The van der Waals surface area contributed by atoms with Crippen molar-refractivity contribution in [2.45, 2.75) is 39.7 Å². The number of aromatic carboxylic acids is 1. The Labute approximate surface area is 132 Å². The second-order valence-electron chi connectivity index (χ2n) is 5.21. The highest BCUT2D eigenvalue weighted by atomic mass is 35.5. The van der Waals surface area contributed by atoms with E-state index < -0.39 is 5.97 Å². The van der Waals surface area contributed by atoms with E-state index in [9.17, 15) is 4.79 Å². The summed E-state index contributed by atoms with van der Waals surface area (Å²) in [4.78, 5) is 13.3. The molecule has 0 amide bonds. The van der Waals surface area contributed by atoms with Crippen molar-refractivity contribution >= 4 is 23.3 Å².